The molecule has 11 heteroatoms. The minimum atomic E-state index is -1.15. The van der Waals surface area contributed by atoms with Crippen LogP contribution in [0.15, 0.2) is 42.9 Å². The maximum Gasteiger partial charge on any atom is 0.319 e. The zero-order valence-electron chi connectivity index (χ0n) is 23.5. The van der Waals surface area contributed by atoms with E-state index in [9.17, 15) is 15.0 Å². The summed E-state index contributed by atoms with van der Waals surface area (Å²) in [6, 6.07) is 9.26. The standard InChI is InChI=1S/C28H41N7O4/c1-27(2,3)17-7-9-18(10-8-17)32-26(38)33-28(4,5)12-14-34(6)15-20-22(36)23(37)25(39-20)35-16-31-21-19(29)11-13-30-24(21)35/h7-11,13,16,20,22-23,25,36-37H,12,14-15H2,1-6H3,(H2,29,30)(H2,32,33,38)/t20-,22-,23-,25-/m1/s1. The van der Waals surface area contributed by atoms with Gasteiger partial charge in [-0.15, -0.1) is 0 Å². The number of nitrogen functional groups attached to an aromatic ring is 1. The summed E-state index contributed by atoms with van der Waals surface area (Å²) in [5.74, 6) is 0. The number of urea groups is 1. The molecule has 1 saturated heterocycles. The first-order valence-electron chi connectivity index (χ1n) is 13.2. The van der Waals surface area contributed by atoms with E-state index < -0.39 is 30.1 Å². The molecule has 0 spiro atoms. The van der Waals surface area contributed by atoms with Crippen LogP contribution in [0.25, 0.3) is 11.2 Å². The van der Waals surface area contributed by atoms with E-state index in [1.165, 1.54) is 11.9 Å². The smallest absolute Gasteiger partial charge is 0.319 e. The van der Waals surface area contributed by atoms with Gasteiger partial charge in [0.25, 0.3) is 0 Å². The van der Waals surface area contributed by atoms with Crippen molar-refractivity contribution < 1.29 is 19.7 Å². The number of carbonyl (C=O) groups is 1. The van der Waals surface area contributed by atoms with E-state index in [-0.39, 0.29) is 11.4 Å². The molecule has 1 aliphatic rings. The number of aliphatic hydroxyl groups is 2. The maximum absolute atomic E-state index is 12.6. The Kier molecular flexibility index (Phi) is 8.17. The number of likely N-dealkylation sites (N-methyl/N-ethyl adjacent to an activating group) is 1. The van der Waals surface area contributed by atoms with Crippen molar-refractivity contribution in [3.8, 4) is 0 Å². The fraction of sp³-hybridized carbons (Fsp3) is 0.536. The van der Waals surface area contributed by atoms with Crippen molar-refractivity contribution in [1.29, 1.82) is 0 Å². The fourth-order valence-corrected chi connectivity index (χ4v) is 4.70. The molecule has 2 amide bonds. The molecule has 0 saturated carbocycles. The van der Waals surface area contributed by atoms with Crippen molar-refractivity contribution in [3.05, 3.63) is 48.4 Å². The summed E-state index contributed by atoms with van der Waals surface area (Å²) in [7, 11) is 1.91. The van der Waals surface area contributed by atoms with Crippen molar-refractivity contribution in [3.63, 3.8) is 0 Å². The molecule has 0 radical (unpaired) electrons. The Hall–Kier alpha value is -3.25. The Balaban J connectivity index is 1.28. The minimum Gasteiger partial charge on any atom is -0.397 e. The number of amides is 2. The number of aromatic nitrogens is 3. The molecule has 1 fully saturated rings. The zero-order chi connectivity index (χ0) is 28.5. The normalized spacial score (nSPS) is 22.0. The highest BCUT2D eigenvalue weighted by atomic mass is 16.6. The molecule has 0 aliphatic carbocycles. The van der Waals surface area contributed by atoms with Crippen LogP contribution in [-0.2, 0) is 10.2 Å². The van der Waals surface area contributed by atoms with Crippen molar-refractivity contribution in [2.45, 2.75) is 76.5 Å². The number of ether oxygens (including phenoxy) is 1. The summed E-state index contributed by atoms with van der Waals surface area (Å²) in [6.07, 6.45) is 0.0438. The van der Waals surface area contributed by atoms with Crippen LogP contribution in [0.1, 0.15) is 52.8 Å². The number of rotatable bonds is 8. The largest absolute Gasteiger partial charge is 0.397 e. The maximum atomic E-state index is 12.6. The number of nitrogens with zero attached hydrogens (tertiary/aromatic N) is 4. The highest BCUT2D eigenvalue weighted by Gasteiger charge is 2.44. The van der Waals surface area contributed by atoms with Gasteiger partial charge in [-0.2, -0.15) is 0 Å². The van der Waals surface area contributed by atoms with Gasteiger partial charge in [-0.3, -0.25) is 4.57 Å². The van der Waals surface area contributed by atoms with E-state index in [1.807, 2.05) is 50.1 Å². The van der Waals surface area contributed by atoms with Crippen LogP contribution in [0.3, 0.4) is 0 Å². The molecule has 2 aromatic heterocycles. The number of hydrogen-bond acceptors (Lipinski definition) is 8. The second-order valence-electron chi connectivity index (χ2n) is 12.1. The molecular formula is C28H41N7O4. The van der Waals surface area contributed by atoms with Crippen LogP contribution < -0.4 is 16.4 Å². The van der Waals surface area contributed by atoms with Crippen LogP contribution in [-0.4, -0.2) is 79.7 Å². The lowest BCUT2D eigenvalue weighted by Gasteiger charge is -2.30. The number of carbonyl (C=O) groups excluding carboxylic acids is 1. The number of fused-ring (bicyclic) bond motifs is 1. The second kappa shape index (κ2) is 11.1. The predicted molar refractivity (Wildman–Crippen MR) is 151 cm³/mol. The van der Waals surface area contributed by atoms with Gasteiger partial charge in [0.15, 0.2) is 11.9 Å². The van der Waals surface area contributed by atoms with E-state index in [1.54, 1.807) is 16.8 Å². The molecule has 0 bridgehead atoms. The molecule has 39 heavy (non-hydrogen) atoms. The Morgan fingerprint density at radius 2 is 1.79 bits per heavy atom. The number of anilines is 2. The Morgan fingerprint density at radius 1 is 1.10 bits per heavy atom. The van der Waals surface area contributed by atoms with E-state index >= 15 is 0 Å². The van der Waals surface area contributed by atoms with E-state index in [2.05, 4.69) is 41.4 Å². The Bertz CT molecular complexity index is 1290. The fourth-order valence-electron chi connectivity index (χ4n) is 4.70. The third kappa shape index (κ3) is 6.67. The molecule has 4 rings (SSSR count). The van der Waals surface area contributed by atoms with Gasteiger partial charge in [-0.25, -0.2) is 14.8 Å². The molecule has 1 aliphatic heterocycles. The molecule has 3 heterocycles. The van der Waals surface area contributed by atoms with Crippen LogP contribution >= 0.6 is 0 Å². The highest BCUT2D eigenvalue weighted by molar-refractivity contribution is 5.89. The molecular weight excluding hydrogens is 498 g/mol. The molecule has 11 nitrogen and oxygen atoms in total. The number of benzene rings is 1. The van der Waals surface area contributed by atoms with Crippen molar-refractivity contribution in [2.75, 3.05) is 31.2 Å². The summed E-state index contributed by atoms with van der Waals surface area (Å²) in [6.45, 7) is 11.4. The molecule has 6 N–H and O–H groups in total. The monoisotopic (exact) mass is 539 g/mol. The first-order valence-corrected chi connectivity index (χ1v) is 13.2. The van der Waals surface area contributed by atoms with Gasteiger partial charge < -0.3 is 36.2 Å². The van der Waals surface area contributed by atoms with Crippen LogP contribution in [0.5, 0.6) is 0 Å². The average Bonchev–Trinajstić information content (AvgIpc) is 3.40. The number of nitrogens with one attached hydrogen (secondary N) is 2. The number of imidazole rings is 1. The van der Waals surface area contributed by atoms with Gasteiger partial charge in [0.1, 0.15) is 23.8 Å². The lowest BCUT2D eigenvalue weighted by molar-refractivity contribution is -0.0424. The third-order valence-corrected chi connectivity index (χ3v) is 7.17. The van der Waals surface area contributed by atoms with Crippen molar-refractivity contribution in [2.24, 2.45) is 0 Å². The summed E-state index contributed by atoms with van der Waals surface area (Å²) in [5.41, 5.74) is 8.95. The topological polar surface area (TPSA) is 151 Å². The summed E-state index contributed by atoms with van der Waals surface area (Å²) in [4.78, 5) is 23.2. The number of hydrogen-bond donors (Lipinski definition) is 5. The van der Waals surface area contributed by atoms with Crippen LogP contribution in [0.2, 0.25) is 0 Å². The first-order chi connectivity index (χ1) is 18.2. The number of aliphatic hydroxyl groups excluding tert-OH is 2. The van der Waals surface area contributed by atoms with Crippen molar-refractivity contribution in [1.82, 2.24) is 24.8 Å². The highest BCUT2D eigenvalue weighted by Crippen LogP contribution is 2.32. The predicted octanol–water partition coefficient (Wildman–Crippen LogP) is 2.85. The van der Waals surface area contributed by atoms with Gasteiger partial charge in [0.2, 0.25) is 0 Å². The van der Waals surface area contributed by atoms with Gasteiger partial charge >= 0.3 is 6.03 Å². The quantitative estimate of drug-likeness (QED) is 0.293. The van der Waals surface area contributed by atoms with Crippen LogP contribution in [0, 0.1) is 0 Å². The summed E-state index contributed by atoms with van der Waals surface area (Å²) < 4.78 is 7.66. The SMILES string of the molecule is CN(CCC(C)(C)NC(=O)Nc1ccc(C(C)(C)C)cc1)C[C@H]1O[C@@H](n2cnc3c(N)ccnc32)[C@H](O)[C@@H]1O. The summed E-state index contributed by atoms with van der Waals surface area (Å²) >= 11 is 0. The number of pyridine rings is 1. The molecule has 3 aromatic rings. The van der Waals surface area contributed by atoms with Gasteiger partial charge in [-0.1, -0.05) is 32.9 Å². The Morgan fingerprint density at radius 3 is 2.46 bits per heavy atom. The first kappa shape index (κ1) is 28.8. The van der Waals surface area contributed by atoms with E-state index in [0.717, 1.165) is 5.69 Å². The molecule has 0 unspecified atom stereocenters. The van der Waals surface area contributed by atoms with Gasteiger partial charge in [0.05, 0.1) is 12.0 Å². The molecule has 1 aromatic carbocycles. The third-order valence-electron chi connectivity index (χ3n) is 7.17. The molecule has 4 atom stereocenters. The minimum absolute atomic E-state index is 0.0486. The zero-order valence-corrected chi connectivity index (χ0v) is 23.5. The van der Waals surface area contributed by atoms with E-state index in [4.69, 9.17) is 10.5 Å². The summed E-state index contributed by atoms with van der Waals surface area (Å²) in [5, 5.41) is 27.4. The van der Waals surface area contributed by atoms with Gasteiger partial charge in [0, 0.05) is 30.5 Å². The number of nitrogens with two attached hydrogens (primary N) is 1. The van der Waals surface area contributed by atoms with Crippen molar-refractivity contribution >= 4 is 28.6 Å². The second-order valence-corrected chi connectivity index (χ2v) is 12.1. The van der Waals surface area contributed by atoms with Gasteiger partial charge in [-0.05, 0) is 56.5 Å². The average molecular weight is 540 g/mol. The lowest BCUT2D eigenvalue weighted by atomic mass is 9.87. The lowest BCUT2D eigenvalue weighted by Crippen LogP contribution is -2.48. The van der Waals surface area contributed by atoms with Crippen LogP contribution in [0.4, 0.5) is 16.2 Å². The molecule has 212 valence electrons. The Labute approximate surface area is 229 Å². The van der Waals surface area contributed by atoms with E-state index in [0.29, 0.717) is 36.4 Å².